The molecule has 16 heavy (non-hydrogen) atoms. The Labute approximate surface area is 107 Å². The number of aryl methyl sites for hydroxylation is 1. The lowest BCUT2D eigenvalue weighted by Gasteiger charge is -2.05. The first kappa shape index (κ1) is 11.5. The molecule has 2 aromatic rings. The number of nitrogens with zero attached hydrogens (tertiary/aromatic N) is 2. The van der Waals surface area contributed by atoms with Crippen LogP contribution in [-0.4, -0.2) is 9.78 Å². The van der Waals surface area contributed by atoms with Crippen LogP contribution in [-0.2, 0) is 13.7 Å². The van der Waals surface area contributed by atoms with Gasteiger partial charge in [0.25, 0.3) is 0 Å². The van der Waals surface area contributed by atoms with Gasteiger partial charge in [-0.2, -0.15) is 5.10 Å². The summed E-state index contributed by atoms with van der Waals surface area (Å²) in [4.78, 5) is 0. The van der Waals surface area contributed by atoms with E-state index in [1.54, 1.807) is 10.7 Å². The van der Waals surface area contributed by atoms with Crippen molar-refractivity contribution >= 4 is 27.5 Å². The van der Waals surface area contributed by atoms with Gasteiger partial charge in [-0.1, -0.05) is 11.6 Å². The van der Waals surface area contributed by atoms with Crippen molar-refractivity contribution in [1.29, 1.82) is 0 Å². The zero-order chi connectivity index (χ0) is 11.5. The highest BCUT2D eigenvalue weighted by atomic mass is 79.9. The van der Waals surface area contributed by atoms with Crippen LogP contribution in [0.3, 0.4) is 0 Å². The van der Waals surface area contributed by atoms with Gasteiger partial charge in [0.2, 0.25) is 0 Å². The second-order valence-electron chi connectivity index (χ2n) is 3.35. The van der Waals surface area contributed by atoms with E-state index in [1.165, 1.54) is 0 Å². The Morgan fingerprint density at radius 3 is 2.88 bits per heavy atom. The van der Waals surface area contributed by atoms with Gasteiger partial charge >= 0.3 is 0 Å². The van der Waals surface area contributed by atoms with E-state index in [-0.39, 0.29) is 0 Å². The summed E-state index contributed by atoms with van der Waals surface area (Å²) in [5.41, 5.74) is 0.890. The first-order valence-electron chi connectivity index (χ1n) is 4.71. The van der Waals surface area contributed by atoms with E-state index in [4.69, 9.17) is 16.3 Å². The Hall–Kier alpha value is -1.00. The average molecular weight is 302 g/mol. The molecule has 5 heteroatoms. The molecule has 0 saturated carbocycles. The van der Waals surface area contributed by atoms with Gasteiger partial charge in [0.05, 0.1) is 10.7 Å². The second kappa shape index (κ2) is 4.89. The number of aromatic nitrogens is 2. The molecule has 0 atom stereocenters. The molecule has 1 aromatic heterocycles. The smallest absolute Gasteiger partial charge is 0.132 e. The molecule has 1 heterocycles. The fraction of sp³-hybridized carbons (Fsp3) is 0.182. The molecule has 2 rings (SSSR count). The van der Waals surface area contributed by atoms with Gasteiger partial charge < -0.3 is 4.74 Å². The van der Waals surface area contributed by atoms with Crippen LogP contribution >= 0.6 is 27.5 Å². The van der Waals surface area contributed by atoms with Crippen LogP contribution in [0.1, 0.15) is 5.69 Å². The van der Waals surface area contributed by atoms with Crippen LogP contribution in [0.15, 0.2) is 34.9 Å². The van der Waals surface area contributed by atoms with Gasteiger partial charge in [-0.15, -0.1) is 0 Å². The van der Waals surface area contributed by atoms with Gasteiger partial charge in [0.1, 0.15) is 12.4 Å². The fourth-order valence-electron chi connectivity index (χ4n) is 1.26. The summed E-state index contributed by atoms with van der Waals surface area (Å²) in [6.45, 7) is 0.443. The summed E-state index contributed by atoms with van der Waals surface area (Å²) in [7, 11) is 1.87. The number of hydrogen-bond donors (Lipinski definition) is 0. The van der Waals surface area contributed by atoms with Crippen molar-refractivity contribution in [3.8, 4) is 5.75 Å². The lowest BCUT2D eigenvalue weighted by molar-refractivity contribution is 0.300. The minimum atomic E-state index is 0.443. The van der Waals surface area contributed by atoms with E-state index < -0.39 is 0 Å². The number of rotatable bonds is 3. The molecule has 0 radical (unpaired) electrons. The van der Waals surface area contributed by atoms with E-state index >= 15 is 0 Å². The molecule has 0 bridgehead atoms. The van der Waals surface area contributed by atoms with E-state index in [0.29, 0.717) is 11.6 Å². The summed E-state index contributed by atoms with van der Waals surface area (Å²) < 4.78 is 8.16. The summed E-state index contributed by atoms with van der Waals surface area (Å²) in [5.74, 6) is 0.735. The Morgan fingerprint density at radius 2 is 2.25 bits per heavy atom. The van der Waals surface area contributed by atoms with Crippen LogP contribution in [0.2, 0.25) is 5.02 Å². The molecule has 1 aromatic carbocycles. The first-order chi connectivity index (χ1) is 7.65. The quantitative estimate of drug-likeness (QED) is 0.868. The lowest BCUT2D eigenvalue weighted by atomic mass is 10.3. The van der Waals surface area contributed by atoms with Gasteiger partial charge in [0.15, 0.2) is 0 Å². The van der Waals surface area contributed by atoms with Crippen molar-refractivity contribution < 1.29 is 4.74 Å². The topological polar surface area (TPSA) is 27.1 Å². The SMILES string of the molecule is Cn1ccc(COc2ccc(Br)c(Cl)c2)n1. The third-order valence-electron chi connectivity index (χ3n) is 2.05. The molecule has 0 amide bonds. The first-order valence-corrected chi connectivity index (χ1v) is 5.88. The van der Waals surface area contributed by atoms with Gasteiger partial charge in [0, 0.05) is 17.7 Å². The minimum Gasteiger partial charge on any atom is -0.487 e. The summed E-state index contributed by atoms with van der Waals surface area (Å²) >= 11 is 9.28. The molecule has 0 aliphatic carbocycles. The van der Waals surface area contributed by atoms with Crippen molar-refractivity contribution in [3.63, 3.8) is 0 Å². The highest BCUT2D eigenvalue weighted by Crippen LogP contribution is 2.27. The Kier molecular flexibility index (Phi) is 3.51. The predicted molar refractivity (Wildman–Crippen MR) is 66.7 cm³/mol. The number of benzene rings is 1. The monoisotopic (exact) mass is 300 g/mol. The van der Waals surface area contributed by atoms with Crippen molar-refractivity contribution in [2.75, 3.05) is 0 Å². The molecule has 3 nitrogen and oxygen atoms in total. The maximum Gasteiger partial charge on any atom is 0.132 e. The second-order valence-corrected chi connectivity index (χ2v) is 4.61. The molecule has 0 N–H and O–H groups in total. The van der Waals surface area contributed by atoms with E-state index in [0.717, 1.165) is 15.9 Å². The normalized spacial score (nSPS) is 10.4. The largest absolute Gasteiger partial charge is 0.487 e. The summed E-state index contributed by atoms with van der Waals surface area (Å²) in [6.07, 6.45) is 1.88. The van der Waals surface area contributed by atoms with Crippen LogP contribution in [0, 0.1) is 0 Å². The Morgan fingerprint density at radius 1 is 1.44 bits per heavy atom. The fourth-order valence-corrected chi connectivity index (χ4v) is 1.68. The summed E-state index contributed by atoms with van der Waals surface area (Å²) in [5, 5.41) is 4.85. The third-order valence-corrected chi connectivity index (χ3v) is 3.28. The molecular weight excluding hydrogens is 291 g/mol. The van der Waals surface area contributed by atoms with Crippen LogP contribution in [0.4, 0.5) is 0 Å². The maximum absolute atomic E-state index is 5.95. The van der Waals surface area contributed by atoms with Crippen LogP contribution in [0.25, 0.3) is 0 Å². The molecule has 0 fully saturated rings. The highest BCUT2D eigenvalue weighted by molar-refractivity contribution is 9.10. The maximum atomic E-state index is 5.95. The van der Waals surface area contributed by atoms with E-state index in [9.17, 15) is 0 Å². The summed E-state index contributed by atoms with van der Waals surface area (Å²) in [6, 6.07) is 7.41. The van der Waals surface area contributed by atoms with E-state index in [1.807, 2.05) is 31.4 Å². The molecular formula is C11H10BrClN2O. The van der Waals surface area contributed by atoms with Crippen molar-refractivity contribution in [2.24, 2.45) is 7.05 Å². The molecule has 0 aliphatic rings. The zero-order valence-electron chi connectivity index (χ0n) is 8.65. The van der Waals surface area contributed by atoms with E-state index in [2.05, 4.69) is 21.0 Å². The molecule has 0 spiro atoms. The Balaban J connectivity index is 2.02. The third kappa shape index (κ3) is 2.77. The standard InChI is InChI=1S/C11H10BrClN2O/c1-15-5-4-8(14-15)7-16-9-2-3-10(12)11(13)6-9/h2-6H,7H2,1H3. The highest BCUT2D eigenvalue weighted by Gasteiger charge is 2.01. The van der Waals surface area contributed by atoms with Gasteiger partial charge in [-0.25, -0.2) is 0 Å². The lowest BCUT2D eigenvalue weighted by Crippen LogP contribution is -1.97. The van der Waals surface area contributed by atoms with Crippen LogP contribution in [0.5, 0.6) is 5.75 Å². The van der Waals surface area contributed by atoms with Gasteiger partial charge in [-0.3, -0.25) is 4.68 Å². The molecule has 0 unspecified atom stereocenters. The Bertz CT molecular complexity index is 498. The predicted octanol–water partition coefficient (Wildman–Crippen LogP) is 3.42. The van der Waals surface area contributed by atoms with Crippen molar-refractivity contribution in [3.05, 3.63) is 45.7 Å². The van der Waals surface area contributed by atoms with Crippen molar-refractivity contribution in [1.82, 2.24) is 9.78 Å². The minimum absolute atomic E-state index is 0.443. The average Bonchev–Trinajstić information content (AvgIpc) is 2.66. The number of halogens is 2. The molecule has 0 aliphatic heterocycles. The molecule has 84 valence electrons. The van der Waals surface area contributed by atoms with Crippen LogP contribution < -0.4 is 4.74 Å². The number of hydrogen-bond acceptors (Lipinski definition) is 2. The van der Waals surface area contributed by atoms with Crippen molar-refractivity contribution in [2.45, 2.75) is 6.61 Å². The zero-order valence-corrected chi connectivity index (χ0v) is 11.0. The molecule has 0 saturated heterocycles. The number of ether oxygens (including phenoxy) is 1. The van der Waals surface area contributed by atoms with Gasteiger partial charge in [-0.05, 0) is 40.2 Å².